The van der Waals surface area contributed by atoms with Gasteiger partial charge in [0.25, 0.3) is 11.8 Å². The lowest BCUT2D eigenvalue weighted by Crippen LogP contribution is -2.73. The van der Waals surface area contributed by atoms with Crippen LogP contribution < -0.4 is 10.1 Å². The number of β-lactam (4-membered cyclic amide) rings is 1. The molecule has 2 unspecified atom stereocenters. The zero-order chi connectivity index (χ0) is 18.1. The Labute approximate surface area is 145 Å². The number of aliphatic carboxylic acids is 1. The van der Waals surface area contributed by atoms with E-state index in [4.69, 9.17) is 4.74 Å². The third-order valence-electron chi connectivity index (χ3n) is 3.95. The molecule has 3 rings (SSSR count). The van der Waals surface area contributed by atoms with E-state index in [1.54, 1.807) is 24.3 Å². The fraction of sp³-hybridized carbons (Fsp3) is 0.312. The highest BCUT2D eigenvalue weighted by molar-refractivity contribution is 7.86. The van der Waals surface area contributed by atoms with Crippen molar-refractivity contribution in [1.82, 2.24) is 10.2 Å². The number of hydrogen-bond acceptors (Lipinski definition) is 5. The van der Waals surface area contributed by atoms with Gasteiger partial charge in [-0.15, -0.1) is 0 Å². The van der Waals surface area contributed by atoms with Crippen LogP contribution in [0.1, 0.15) is 6.92 Å². The Kier molecular flexibility index (Phi) is 4.58. The van der Waals surface area contributed by atoms with Gasteiger partial charge in [-0.25, -0.2) is 4.79 Å². The molecule has 0 saturated carbocycles. The van der Waals surface area contributed by atoms with E-state index in [9.17, 15) is 23.7 Å². The molecule has 9 heteroatoms. The molecule has 1 aromatic carbocycles. The molecular weight excluding hydrogens is 348 g/mol. The van der Waals surface area contributed by atoms with Crippen molar-refractivity contribution < 1.29 is 28.4 Å². The monoisotopic (exact) mass is 364 g/mol. The van der Waals surface area contributed by atoms with Crippen LogP contribution >= 0.6 is 0 Å². The highest BCUT2D eigenvalue weighted by atomic mass is 32.2. The minimum atomic E-state index is -1.47. The summed E-state index contributed by atoms with van der Waals surface area (Å²) in [6.45, 7) is 1.23. The molecule has 25 heavy (non-hydrogen) atoms. The number of para-hydroxylation sites is 1. The maximum atomic E-state index is 12.3. The molecule has 8 nitrogen and oxygen atoms in total. The molecule has 0 aromatic heterocycles. The van der Waals surface area contributed by atoms with Gasteiger partial charge in [0, 0.05) is 5.75 Å². The number of fused-ring (bicyclic) bond motifs is 1. The van der Waals surface area contributed by atoms with Crippen LogP contribution in [0, 0.1) is 0 Å². The summed E-state index contributed by atoms with van der Waals surface area (Å²) in [7, 11) is -1.47. The second kappa shape index (κ2) is 6.67. The van der Waals surface area contributed by atoms with Crippen molar-refractivity contribution in [1.29, 1.82) is 0 Å². The summed E-state index contributed by atoms with van der Waals surface area (Å²) in [5.74, 6) is -1.80. The van der Waals surface area contributed by atoms with Crippen LogP contribution in [0.4, 0.5) is 0 Å². The lowest BCUT2D eigenvalue weighted by molar-refractivity contribution is -0.151. The molecule has 2 heterocycles. The minimum Gasteiger partial charge on any atom is -0.484 e. The van der Waals surface area contributed by atoms with Gasteiger partial charge in [-0.1, -0.05) is 18.2 Å². The first-order chi connectivity index (χ1) is 11.9. The van der Waals surface area contributed by atoms with Crippen LogP contribution in [0.3, 0.4) is 0 Å². The average molecular weight is 364 g/mol. The average Bonchev–Trinajstić information content (AvgIpc) is 2.58. The largest absolute Gasteiger partial charge is 0.484 e. The van der Waals surface area contributed by atoms with Crippen molar-refractivity contribution in [3.05, 3.63) is 41.6 Å². The van der Waals surface area contributed by atoms with Crippen molar-refractivity contribution in [3.63, 3.8) is 0 Å². The summed E-state index contributed by atoms with van der Waals surface area (Å²) in [6.07, 6.45) is 0. The molecular formula is C16H16N2O6S. The standard InChI is InChI=1S/C16H16N2O6S/c1-9-8-25(23)15-12(14(20)18(15)13(9)16(21)22)17-11(19)7-24-10-5-3-2-4-6-10/h2-6,12,15H,7-8H2,1H3,(H,17,19)(H,21,22)/t12?,15-,25?/m1/s1. The summed E-state index contributed by atoms with van der Waals surface area (Å²) < 4.78 is 17.6. The van der Waals surface area contributed by atoms with Crippen molar-refractivity contribution in [2.45, 2.75) is 18.3 Å². The Bertz CT molecular complexity index is 791. The van der Waals surface area contributed by atoms with Crippen molar-refractivity contribution in [2.24, 2.45) is 0 Å². The molecule has 3 atom stereocenters. The van der Waals surface area contributed by atoms with Crippen molar-refractivity contribution >= 4 is 28.6 Å². The smallest absolute Gasteiger partial charge is 0.352 e. The van der Waals surface area contributed by atoms with Gasteiger partial charge in [0.15, 0.2) is 6.61 Å². The molecule has 0 bridgehead atoms. The van der Waals surface area contributed by atoms with Gasteiger partial charge in [-0.05, 0) is 24.6 Å². The zero-order valence-electron chi connectivity index (χ0n) is 13.3. The maximum absolute atomic E-state index is 12.3. The van der Waals surface area contributed by atoms with E-state index in [0.717, 1.165) is 4.90 Å². The van der Waals surface area contributed by atoms with E-state index in [1.165, 1.54) is 6.92 Å². The summed E-state index contributed by atoms with van der Waals surface area (Å²) >= 11 is 0. The van der Waals surface area contributed by atoms with Crippen LogP contribution in [-0.4, -0.2) is 55.8 Å². The maximum Gasteiger partial charge on any atom is 0.352 e. The highest BCUT2D eigenvalue weighted by Crippen LogP contribution is 2.34. The number of nitrogens with zero attached hydrogens (tertiary/aromatic N) is 1. The number of amides is 2. The first kappa shape index (κ1) is 17.2. The van der Waals surface area contributed by atoms with Gasteiger partial charge in [0.2, 0.25) is 0 Å². The molecule has 0 radical (unpaired) electrons. The van der Waals surface area contributed by atoms with Crippen LogP contribution in [0.2, 0.25) is 0 Å². The summed E-state index contributed by atoms with van der Waals surface area (Å²) in [6, 6.07) is 7.69. The van der Waals surface area contributed by atoms with E-state index in [0.29, 0.717) is 11.3 Å². The molecule has 2 aliphatic heterocycles. The first-order valence-corrected chi connectivity index (χ1v) is 8.89. The fourth-order valence-corrected chi connectivity index (χ4v) is 4.51. The molecule has 0 aliphatic carbocycles. The van der Waals surface area contributed by atoms with Gasteiger partial charge in [0.1, 0.15) is 22.9 Å². The molecule has 0 spiro atoms. The Morgan fingerprint density at radius 2 is 2.04 bits per heavy atom. The Morgan fingerprint density at radius 1 is 1.36 bits per heavy atom. The van der Waals surface area contributed by atoms with Crippen molar-refractivity contribution in [2.75, 3.05) is 12.4 Å². The Morgan fingerprint density at radius 3 is 2.68 bits per heavy atom. The van der Waals surface area contributed by atoms with E-state index in [-0.39, 0.29) is 18.1 Å². The minimum absolute atomic E-state index is 0.0585. The van der Waals surface area contributed by atoms with Crippen LogP contribution in [-0.2, 0) is 25.2 Å². The zero-order valence-corrected chi connectivity index (χ0v) is 14.1. The number of ether oxygens (including phenoxy) is 1. The van der Waals surface area contributed by atoms with Crippen LogP contribution in [0.5, 0.6) is 5.75 Å². The summed E-state index contributed by atoms with van der Waals surface area (Å²) in [4.78, 5) is 36.6. The number of carboxylic acid groups (broad SMARTS) is 1. The lowest BCUT2D eigenvalue weighted by atomic mass is 10.0. The molecule has 2 aliphatic rings. The highest BCUT2D eigenvalue weighted by Gasteiger charge is 2.56. The summed E-state index contributed by atoms with van der Waals surface area (Å²) in [5.41, 5.74) is 0.230. The Balaban J connectivity index is 1.65. The number of carbonyl (C=O) groups is 3. The third kappa shape index (κ3) is 3.14. The van der Waals surface area contributed by atoms with Gasteiger partial charge in [-0.3, -0.25) is 18.7 Å². The van der Waals surface area contributed by atoms with E-state index in [2.05, 4.69) is 5.32 Å². The van der Waals surface area contributed by atoms with E-state index in [1.807, 2.05) is 6.07 Å². The molecule has 1 aromatic rings. The molecule has 2 amide bonds. The van der Waals surface area contributed by atoms with Crippen LogP contribution in [0.25, 0.3) is 0 Å². The molecule has 1 saturated heterocycles. The number of benzene rings is 1. The number of carbonyl (C=O) groups excluding carboxylic acids is 2. The number of nitrogens with one attached hydrogen (secondary N) is 1. The van der Waals surface area contributed by atoms with Gasteiger partial charge in [-0.2, -0.15) is 0 Å². The number of hydrogen-bond donors (Lipinski definition) is 2. The second-order valence-corrected chi connectivity index (χ2v) is 7.24. The number of carboxylic acids is 1. The van der Waals surface area contributed by atoms with Crippen LogP contribution in [0.15, 0.2) is 41.6 Å². The first-order valence-electron chi connectivity index (χ1n) is 7.50. The molecule has 132 valence electrons. The summed E-state index contributed by atoms with van der Waals surface area (Å²) in [5, 5.41) is 10.9. The van der Waals surface area contributed by atoms with Crippen molar-refractivity contribution in [3.8, 4) is 5.75 Å². The van der Waals surface area contributed by atoms with Gasteiger partial charge < -0.3 is 15.2 Å². The van der Waals surface area contributed by atoms with Gasteiger partial charge in [0.05, 0.1) is 10.8 Å². The van der Waals surface area contributed by atoms with E-state index >= 15 is 0 Å². The molecule has 1 fully saturated rings. The topological polar surface area (TPSA) is 113 Å². The normalized spacial score (nSPS) is 25.1. The quantitative estimate of drug-likeness (QED) is 0.702. The predicted molar refractivity (Wildman–Crippen MR) is 87.8 cm³/mol. The predicted octanol–water partition coefficient (Wildman–Crippen LogP) is -0.161. The lowest BCUT2D eigenvalue weighted by Gasteiger charge is -2.48. The number of rotatable bonds is 5. The second-order valence-electron chi connectivity index (χ2n) is 5.70. The van der Waals surface area contributed by atoms with E-state index < -0.39 is 40.0 Å². The van der Waals surface area contributed by atoms with Gasteiger partial charge >= 0.3 is 5.97 Å². The Hall–Kier alpha value is -2.68. The fourth-order valence-electron chi connectivity index (χ4n) is 2.84. The SMILES string of the molecule is CC1=C(C(=O)O)N2C(=O)C(NC(=O)COc3ccccc3)[C@H]2S(=O)C1. The third-order valence-corrected chi connectivity index (χ3v) is 5.69. The molecule has 2 N–H and O–H groups in total.